The number of esters is 1. The first-order valence-corrected chi connectivity index (χ1v) is 7.47. The first-order chi connectivity index (χ1) is 11.1. The third-order valence-electron chi connectivity index (χ3n) is 3.93. The van der Waals surface area contributed by atoms with Gasteiger partial charge in [0.1, 0.15) is 11.4 Å². The Balaban J connectivity index is 2.25. The molecule has 122 valence electrons. The van der Waals surface area contributed by atoms with E-state index in [0.29, 0.717) is 24.3 Å². The Labute approximate surface area is 132 Å². The van der Waals surface area contributed by atoms with Crippen molar-refractivity contribution >= 4 is 22.6 Å². The summed E-state index contributed by atoms with van der Waals surface area (Å²) in [4.78, 5) is 24.3. The van der Waals surface area contributed by atoms with Crippen LogP contribution in [0.4, 0.5) is 10.1 Å². The fourth-order valence-electron chi connectivity index (χ4n) is 2.62. The Hall–Kier alpha value is -2.41. The van der Waals surface area contributed by atoms with Gasteiger partial charge in [-0.05, 0) is 25.0 Å². The molecule has 1 heterocycles. The van der Waals surface area contributed by atoms with Crippen molar-refractivity contribution in [3.8, 4) is 0 Å². The standard InChI is InChI=1S/C16H18FN3O3/c1-23-16(22)11-8-20(9-2-3-9)14-7-13(19-5-4-18)12(17)6-10(14)15(11)21/h6-9,19H,2-5,18H2,1H3. The second-order valence-electron chi connectivity index (χ2n) is 5.57. The van der Waals surface area contributed by atoms with Gasteiger partial charge in [-0.15, -0.1) is 0 Å². The van der Waals surface area contributed by atoms with Gasteiger partial charge >= 0.3 is 5.97 Å². The number of pyridine rings is 1. The van der Waals surface area contributed by atoms with Crippen molar-refractivity contribution in [2.45, 2.75) is 18.9 Å². The molecular weight excluding hydrogens is 301 g/mol. The molecule has 0 spiro atoms. The Kier molecular flexibility index (Phi) is 4.04. The molecule has 0 aliphatic heterocycles. The zero-order chi connectivity index (χ0) is 16.6. The lowest BCUT2D eigenvalue weighted by molar-refractivity contribution is 0.0598. The molecule has 1 aromatic carbocycles. The first-order valence-electron chi connectivity index (χ1n) is 7.47. The van der Waals surface area contributed by atoms with E-state index in [4.69, 9.17) is 5.73 Å². The molecule has 0 saturated heterocycles. The number of hydrogen-bond donors (Lipinski definition) is 2. The maximum atomic E-state index is 14.2. The van der Waals surface area contributed by atoms with Crippen LogP contribution in [0.25, 0.3) is 10.9 Å². The number of carbonyl (C=O) groups excluding carboxylic acids is 1. The molecule has 1 aliphatic carbocycles. The van der Waals surface area contributed by atoms with Crippen LogP contribution in [0.5, 0.6) is 0 Å². The summed E-state index contributed by atoms with van der Waals surface area (Å²) in [6, 6.07) is 2.98. The van der Waals surface area contributed by atoms with E-state index in [1.54, 1.807) is 6.07 Å². The van der Waals surface area contributed by atoms with Crippen molar-refractivity contribution in [3.63, 3.8) is 0 Å². The van der Waals surface area contributed by atoms with Gasteiger partial charge < -0.3 is 20.4 Å². The summed E-state index contributed by atoms with van der Waals surface area (Å²) in [5.41, 5.74) is 5.73. The average molecular weight is 319 g/mol. The summed E-state index contributed by atoms with van der Waals surface area (Å²) in [6.45, 7) is 0.796. The van der Waals surface area contributed by atoms with Gasteiger partial charge in [0.15, 0.2) is 0 Å². The summed E-state index contributed by atoms with van der Waals surface area (Å²) in [7, 11) is 1.22. The van der Waals surface area contributed by atoms with E-state index < -0.39 is 17.2 Å². The quantitative estimate of drug-likeness (QED) is 0.818. The van der Waals surface area contributed by atoms with Crippen LogP contribution in [0, 0.1) is 5.82 Å². The molecular formula is C16H18FN3O3. The second kappa shape index (κ2) is 6.00. The number of methoxy groups -OCH3 is 1. The van der Waals surface area contributed by atoms with Crippen LogP contribution in [0.15, 0.2) is 23.1 Å². The monoisotopic (exact) mass is 319 g/mol. The normalized spacial score (nSPS) is 14.0. The van der Waals surface area contributed by atoms with Crippen molar-refractivity contribution in [2.24, 2.45) is 5.73 Å². The largest absolute Gasteiger partial charge is 0.465 e. The Morgan fingerprint density at radius 1 is 1.48 bits per heavy atom. The first kappa shape index (κ1) is 15.5. The molecule has 0 unspecified atom stereocenters. The molecule has 1 aliphatic rings. The topological polar surface area (TPSA) is 86.3 Å². The summed E-state index contributed by atoms with van der Waals surface area (Å²) in [5, 5.41) is 3.08. The van der Waals surface area contributed by atoms with Crippen LogP contribution in [0.2, 0.25) is 0 Å². The van der Waals surface area contributed by atoms with Gasteiger partial charge in [-0.3, -0.25) is 4.79 Å². The molecule has 0 atom stereocenters. The zero-order valence-corrected chi connectivity index (χ0v) is 12.8. The number of nitrogens with zero attached hydrogens (tertiary/aromatic N) is 1. The molecule has 0 amide bonds. The van der Waals surface area contributed by atoms with Crippen molar-refractivity contribution < 1.29 is 13.9 Å². The highest BCUT2D eigenvalue weighted by atomic mass is 19.1. The Morgan fingerprint density at radius 3 is 2.83 bits per heavy atom. The van der Waals surface area contributed by atoms with Gasteiger partial charge in [-0.25, -0.2) is 9.18 Å². The van der Waals surface area contributed by atoms with Gasteiger partial charge in [-0.1, -0.05) is 0 Å². The van der Waals surface area contributed by atoms with Crippen molar-refractivity contribution in [3.05, 3.63) is 39.9 Å². The average Bonchev–Trinajstić information content (AvgIpc) is 3.38. The molecule has 1 saturated carbocycles. The SMILES string of the molecule is COC(=O)c1cn(C2CC2)c2cc(NCCN)c(F)cc2c1=O. The lowest BCUT2D eigenvalue weighted by Crippen LogP contribution is -2.20. The van der Waals surface area contributed by atoms with E-state index >= 15 is 0 Å². The molecule has 1 fully saturated rings. The van der Waals surface area contributed by atoms with Crippen LogP contribution in [0.3, 0.4) is 0 Å². The number of fused-ring (bicyclic) bond motifs is 1. The van der Waals surface area contributed by atoms with Crippen LogP contribution >= 0.6 is 0 Å². The van der Waals surface area contributed by atoms with Gasteiger partial charge in [0.2, 0.25) is 5.43 Å². The number of nitrogens with two attached hydrogens (primary N) is 1. The highest BCUT2D eigenvalue weighted by molar-refractivity contribution is 5.94. The number of rotatable bonds is 5. The maximum Gasteiger partial charge on any atom is 0.343 e. The summed E-state index contributed by atoms with van der Waals surface area (Å²) < 4.78 is 20.7. The fourth-order valence-corrected chi connectivity index (χ4v) is 2.62. The van der Waals surface area contributed by atoms with Crippen LogP contribution < -0.4 is 16.5 Å². The minimum atomic E-state index is -0.711. The number of anilines is 1. The van der Waals surface area contributed by atoms with Gasteiger partial charge in [0.05, 0.1) is 18.3 Å². The van der Waals surface area contributed by atoms with Gasteiger partial charge in [-0.2, -0.15) is 0 Å². The van der Waals surface area contributed by atoms with E-state index in [2.05, 4.69) is 10.1 Å². The summed E-state index contributed by atoms with van der Waals surface area (Å²) >= 11 is 0. The third kappa shape index (κ3) is 2.79. The molecule has 6 nitrogen and oxygen atoms in total. The third-order valence-corrected chi connectivity index (χ3v) is 3.93. The number of nitrogens with one attached hydrogen (secondary N) is 1. The number of ether oxygens (including phenoxy) is 1. The van der Waals surface area contributed by atoms with Crippen molar-refractivity contribution in [2.75, 3.05) is 25.5 Å². The molecule has 23 heavy (non-hydrogen) atoms. The zero-order valence-electron chi connectivity index (χ0n) is 12.8. The molecule has 0 bridgehead atoms. The molecule has 1 aromatic heterocycles. The molecule has 3 N–H and O–H groups in total. The smallest absolute Gasteiger partial charge is 0.343 e. The van der Waals surface area contributed by atoms with E-state index in [1.165, 1.54) is 19.4 Å². The van der Waals surface area contributed by atoms with Gasteiger partial charge in [0.25, 0.3) is 0 Å². The number of carbonyl (C=O) groups is 1. The Morgan fingerprint density at radius 2 is 2.22 bits per heavy atom. The van der Waals surface area contributed by atoms with Crippen LogP contribution in [0.1, 0.15) is 29.2 Å². The highest BCUT2D eigenvalue weighted by Gasteiger charge is 2.27. The van der Waals surface area contributed by atoms with E-state index in [9.17, 15) is 14.0 Å². The number of benzene rings is 1. The van der Waals surface area contributed by atoms with Crippen molar-refractivity contribution in [1.82, 2.24) is 4.57 Å². The fraction of sp³-hybridized carbons (Fsp3) is 0.375. The number of hydrogen-bond acceptors (Lipinski definition) is 5. The summed E-state index contributed by atoms with van der Waals surface area (Å²) in [5.74, 6) is -1.26. The number of aromatic nitrogens is 1. The number of halogens is 1. The van der Waals surface area contributed by atoms with Crippen molar-refractivity contribution in [1.29, 1.82) is 0 Å². The lowest BCUT2D eigenvalue weighted by Gasteiger charge is -2.14. The molecule has 0 radical (unpaired) electrons. The van der Waals surface area contributed by atoms with Gasteiger partial charge in [0, 0.05) is 30.7 Å². The van der Waals surface area contributed by atoms with E-state index in [-0.39, 0.29) is 17.0 Å². The minimum absolute atomic E-state index is 0.0750. The predicted octanol–water partition coefficient (Wildman–Crippen LogP) is 1.63. The minimum Gasteiger partial charge on any atom is -0.465 e. The molecule has 3 rings (SSSR count). The highest BCUT2D eigenvalue weighted by Crippen LogP contribution is 2.37. The predicted molar refractivity (Wildman–Crippen MR) is 85.3 cm³/mol. The van der Waals surface area contributed by atoms with Crippen LogP contribution in [-0.4, -0.2) is 30.7 Å². The molecule has 7 heteroatoms. The summed E-state index contributed by atoms with van der Waals surface area (Å²) in [6.07, 6.45) is 3.43. The Bertz CT molecular complexity index is 827. The maximum absolute atomic E-state index is 14.2. The molecule has 2 aromatic rings. The second-order valence-corrected chi connectivity index (χ2v) is 5.57. The van der Waals surface area contributed by atoms with Crippen LogP contribution in [-0.2, 0) is 4.74 Å². The van der Waals surface area contributed by atoms with E-state index in [0.717, 1.165) is 12.8 Å². The van der Waals surface area contributed by atoms with E-state index in [1.807, 2.05) is 4.57 Å². The lowest BCUT2D eigenvalue weighted by atomic mass is 10.1.